The number of hydrogen-bond acceptors (Lipinski definition) is 5. The fraction of sp³-hybridized carbons (Fsp3) is 0.267. The third-order valence-corrected chi connectivity index (χ3v) is 4.77. The molecule has 2 heterocycles. The molecule has 7 heteroatoms. The lowest BCUT2D eigenvalue weighted by Crippen LogP contribution is -2.05. The summed E-state index contributed by atoms with van der Waals surface area (Å²) in [6.07, 6.45) is 1.29. The quantitative estimate of drug-likeness (QED) is 0.644. The Bertz CT molecular complexity index is 749. The third-order valence-electron chi connectivity index (χ3n) is 3.80. The topological polar surface area (TPSA) is 80.1 Å². The van der Waals surface area contributed by atoms with Crippen molar-refractivity contribution in [2.45, 2.75) is 26.6 Å². The molecule has 1 aliphatic rings. The summed E-state index contributed by atoms with van der Waals surface area (Å²) in [6.45, 7) is 4.16. The Morgan fingerprint density at radius 2 is 2.18 bits per heavy atom. The number of rotatable bonds is 4. The van der Waals surface area contributed by atoms with Gasteiger partial charge in [0.05, 0.1) is 9.40 Å². The molecule has 0 fully saturated rings. The first-order valence-corrected chi connectivity index (χ1v) is 7.70. The summed E-state index contributed by atoms with van der Waals surface area (Å²) in [5.74, 6) is 0.613. The summed E-state index contributed by atoms with van der Waals surface area (Å²) in [6, 6.07) is 6.40. The van der Waals surface area contributed by atoms with Gasteiger partial charge in [0.2, 0.25) is 0 Å². The molecule has 0 atom stereocenters. The maximum Gasteiger partial charge on any atom is 0.291 e. The van der Waals surface area contributed by atoms with Crippen LogP contribution in [0.5, 0.6) is 0 Å². The zero-order chi connectivity index (χ0) is 15.7. The van der Waals surface area contributed by atoms with Gasteiger partial charge in [0, 0.05) is 25.2 Å². The van der Waals surface area contributed by atoms with Crippen LogP contribution < -0.4 is 10.6 Å². The Labute approximate surface area is 136 Å². The van der Waals surface area contributed by atoms with Gasteiger partial charge in [-0.2, -0.15) is 0 Å². The number of halogens is 1. The normalized spacial score (nSPS) is 13.0. The highest BCUT2D eigenvalue weighted by molar-refractivity contribution is 9.10. The van der Waals surface area contributed by atoms with Crippen molar-refractivity contribution in [3.05, 3.63) is 61.2 Å². The maximum atomic E-state index is 10.9. The fourth-order valence-corrected chi connectivity index (χ4v) is 2.97. The van der Waals surface area contributed by atoms with E-state index >= 15 is 0 Å². The van der Waals surface area contributed by atoms with Crippen LogP contribution in [0.15, 0.2) is 28.9 Å². The number of nitrogens with zero attached hydrogens (tertiary/aromatic N) is 2. The average molecular weight is 363 g/mol. The molecule has 0 saturated carbocycles. The van der Waals surface area contributed by atoms with Gasteiger partial charge >= 0.3 is 0 Å². The van der Waals surface area contributed by atoms with Crippen LogP contribution in [-0.4, -0.2) is 9.91 Å². The summed E-state index contributed by atoms with van der Waals surface area (Å²) in [5.41, 5.74) is 4.41. The molecule has 0 saturated heterocycles. The molecule has 2 aromatic rings. The molecule has 0 amide bonds. The average Bonchev–Trinajstić information content (AvgIpc) is 2.96. The predicted molar refractivity (Wildman–Crippen MR) is 87.6 cm³/mol. The molecule has 2 N–H and O–H groups in total. The Balaban J connectivity index is 1.77. The van der Waals surface area contributed by atoms with Crippen LogP contribution in [0, 0.1) is 17.0 Å². The Morgan fingerprint density at radius 1 is 1.41 bits per heavy atom. The first-order chi connectivity index (χ1) is 10.6. The van der Waals surface area contributed by atoms with E-state index in [4.69, 9.17) is 0 Å². The van der Waals surface area contributed by atoms with E-state index in [0.29, 0.717) is 22.4 Å². The predicted octanol–water partition coefficient (Wildman–Crippen LogP) is 3.28. The first kappa shape index (κ1) is 14.9. The molecule has 3 rings (SSSR count). The van der Waals surface area contributed by atoms with E-state index in [-0.39, 0.29) is 5.69 Å². The summed E-state index contributed by atoms with van der Waals surface area (Å²) >= 11 is 3.38. The van der Waals surface area contributed by atoms with Crippen molar-refractivity contribution in [1.82, 2.24) is 10.3 Å². The molecule has 1 aliphatic heterocycles. The van der Waals surface area contributed by atoms with Gasteiger partial charge in [-0.05, 0) is 39.5 Å². The second-order valence-corrected chi connectivity index (χ2v) is 6.04. The van der Waals surface area contributed by atoms with Crippen LogP contribution in [0.3, 0.4) is 0 Å². The van der Waals surface area contributed by atoms with Gasteiger partial charge < -0.3 is 10.6 Å². The van der Waals surface area contributed by atoms with Crippen molar-refractivity contribution in [2.24, 2.45) is 0 Å². The van der Waals surface area contributed by atoms with E-state index in [1.54, 1.807) is 6.92 Å². The van der Waals surface area contributed by atoms with E-state index in [1.165, 1.54) is 17.3 Å². The van der Waals surface area contributed by atoms with Crippen LogP contribution in [0.1, 0.15) is 22.3 Å². The van der Waals surface area contributed by atoms with Crippen molar-refractivity contribution < 1.29 is 4.92 Å². The van der Waals surface area contributed by atoms with Gasteiger partial charge in [-0.1, -0.05) is 18.2 Å². The monoisotopic (exact) mass is 362 g/mol. The van der Waals surface area contributed by atoms with Crippen LogP contribution in [0.2, 0.25) is 0 Å². The third kappa shape index (κ3) is 2.82. The number of nitro groups is 1. The molecular formula is C15H15BrN4O2. The fourth-order valence-electron chi connectivity index (χ4n) is 2.52. The maximum absolute atomic E-state index is 10.9. The van der Waals surface area contributed by atoms with Gasteiger partial charge in [0.15, 0.2) is 0 Å². The molecule has 22 heavy (non-hydrogen) atoms. The summed E-state index contributed by atoms with van der Waals surface area (Å²) in [4.78, 5) is 14.6. The molecule has 0 spiro atoms. The molecule has 0 bridgehead atoms. The molecule has 114 valence electrons. The Hall–Kier alpha value is -1.99. The van der Waals surface area contributed by atoms with Crippen LogP contribution in [0.4, 0.5) is 11.5 Å². The highest BCUT2D eigenvalue weighted by Crippen LogP contribution is 2.30. The van der Waals surface area contributed by atoms with E-state index in [9.17, 15) is 10.1 Å². The van der Waals surface area contributed by atoms with Crippen LogP contribution >= 0.6 is 15.9 Å². The second-order valence-electron chi connectivity index (χ2n) is 5.25. The molecule has 0 radical (unpaired) electrons. The highest BCUT2D eigenvalue weighted by atomic mass is 79.9. The number of nitrogens with one attached hydrogen (secondary N) is 2. The number of hydrogen-bond donors (Lipinski definition) is 2. The van der Waals surface area contributed by atoms with Crippen LogP contribution in [0.25, 0.3) is 0 Å². The molecule has 6 nitrogen and oxygen atoms in total. The van der Waals surface area contributed by atoms with Gasteiger partial charge in [0.1, 0.15) is 12.0 Å². The number of aromatic nitrogens is 1. The lowest BCUT2D eigenvalue weighted by atomic mass is 10.1. The lowest BCUT2D eigenvalue weighted by Gasteiger charge is -2.10. The molecule has 0 aliphatic carbocycles. The Morgan fingerprint density at radius 3 is 2.95 bits per heavy atom. The summed E-state index contributed by atoms with van der Waals surface area (Å²) in [7, 11) is 0. The first-order valence-electron chi connectivity index (χ1n) is 6.91. The van der Waals surface area contributed by atoms with E-state index < -0.39 is 4.92 Å². The summed E-state index contributed by atoms with van der Waals surface area (Å²) < 4.78 is 0.629. The van der Waals surface area contributed by atoms with Gasteiger partial charge in [-0.3, -0.25) is 10.1 Å². The van der Waals surface area contributed by atoms with Crippen LogP contribution in [-0.2, 0) is 19.6 Å². The Kier molecular flexibility index (Phi) is 4.08. The minimum atomic E-state index is -0.426. The minimum absolute atomic E-state index is 0.0148. The molecule has 0 unspecified atom stereocenters. The molecule has 1 aromatic carbocycles. The van der Waals surface area contributed by atoms with E-state index in [2.05, 4.69) is 49.7 Å². The number of pyridine rings is 1. The number of anilines is 1. The second kappa shape index (κ2) is 6.02. The zero-order valence-electron chi connectivity index (χ0n) is 12.0. The van der Waals surface area contributed by atoms with Crippen molar-refractivity contribution in [1.29, 1.82) is 0 Å². The zero-order valence-corrected chi connectivity index (χ0v) is 13.6. The van der Waals surface area contributed by atoms with Crippen molar-refractivity contribution >= 4 is 27.4 Å². The number of benzene rings is 1. The van der Waals surface area contributed by atoms with Crippen molar-refractivity contribution in [3.63, 3.8) is 0 Å². The largest absolute Gasteiger partial charge is 0.365 e. The van der Waals surface area contributed by atoms with Gasteiger partial charge in [-0.25, -0.2) is 4.98 Å². The van der Waals surface area contributed by atoms with Crippen molar-refractivity contribution in [2.75, 3.05) is 5.32 Å². The summed E-state index contributed by atoms with van der Waals surface area (Å²) in [5, 5.41) is 17.4. The number of fused-ring (bicyclic) bond motifs is 1. The van der Waals surface area contributed by atoms with Gasteiger partial charge in [-0.15, -0.1) is 0 Å². The standard InChI is InChI=1S/C15H15BrN4O2/c1-9-13(20(21)22)8-19-15(14(9)16)18-5-10-2-3-11-6-17-7-12(11)4-10/h2-4,8,17H,5-7H2,1H3,(H,18,19). The minimum Gasteiger partial charge on any atom is -0.365 e. The molecule has 1 aromatic heterocycles. The SMILES string of the molecule is Cc1c([N+](=O)[O-])cnc(NCc2ccc3c(c2)CNC3)c1Br. The van der Waals surface area contributed by atoms with E-state index in [1.807, 2.05) is 0 Å². The molecular weight excluding hydrogens is 348 g/mol. The highest BCUT2D eigenvalue weighted by Gasteiger charge is 2.17. The van der Waals surface area contributed by atoms with Gasteiger partial charge in [0.25, 0.3) is 5.69 Å². The van der Waals surface area contributed by atoms with E-state index in [0.717, 1.165) is 18.7 Å². The van der Waals surface area contributed by atoms with Crippen molar-refractivity contribution in [3.8, 4) is 0 Å². The lowest BCUT2D eigenvalue weighted by molar-refractivity contribution is -0.385. The smallest absolute Gasteiger partial charge is 0.291 e.